The first-order valence-corrected chi connectivity index (χ1v) is 14.0. The maximum atomic E-state index is 14.4. The first-order chi connectivity index (χ1) is 17.4. The number of H-pyrrole nitrogens is 1. The number of hydrogen-bond acceptors (Lipinski definition) is 4. The van der Waals surface area contributed by atoms with Gasteiger partial charge in [-0.25, -0.2) is 0 Å². The van der Waals surface area contributed by atoms with Crippen LogP contribution >= 0.6 is 0 Å². The van der Waals surface area contributed by atoms with Gasteiger partial charge in [-0.05, 0) is 64.6 Å². The highest BCUT2D eigenvalue weighted by molar-refractivity contribution is 5.90. The van der Waals surface area contributed by atoms with Gasteiger partial charge in [-0.15, -0.1) is 0 Å². The number of fused-ring (bicyclic) bond motifs is 2. The number of aromatic amines is 1. The number of nitrogens with one attached hydrogen (secondary N) is 3. The van der Waals surface area contributed by atoms with E-state index in [1.165, 1.54) is 17.4 Å². The molecular formula is C29H43N5O2. The molecule has 5 unspecified atom stereocenters. The molecule has 1 aromatic carbocycles. The summed E-state index contributed by atoms with van der Waals surface area (Å²) in [7, 11) is 1.79. The van der Waals surface area contributed by atoms with Gasteiger partial charge in [0.1, 0.15) is 6.04 Å². The molecule has 3 heterocycles. The third-order valence-corrected chi connectivity index (χ3v) is 9.14. The number of amides is 2. The van der Waals surface area contributed by atoms with Crippen LogP contribution in [0.25, 0.3) is 10.9 Å². The number of aromatic nitrogens is 1. The van der Waals surface area contributed by atoms with Gasteiger partial charge >= 0.3 is 0 Å². The van der Waals surface area contributed by atoms with Gasteiger partial charge in [0.05, 0.1) is 12.1 Å². The van der Waals surface area contributed by atoms with Crippen molar-refractivity contribution in [1.82, 2.24) is 25.4 Å². The molecule has 0 radical (unpaired) electrons. The predicted molar refractivity (Wildman–Crippen MR) is 144 cm³/mol. The fourth-order valence-corrected chi connectivity index (χ4v) is 7.09. The number of rotatable bonds is 7. The fourth-order valence-electron chi connectivity index (χ4n) is 7.09. The summed E-state index contributed by atoms with van der Waals surface area (Å²) in [6.45, 7) is 8.10. The van der Waals surface area contributed by atoms with E-state index < -0.39 is 6.04 Å². The molecule has 7 nitrogen and oxygen atoms in total. The molecule has 7 heteroatoms. The highest BCUT2D eigenvalue weighted by Gasteiger charge is 2.53. The van der Waals surface area contributed by atoms with Crippen molar-refractivity contribution in [2.45, 2.75) is 95.4 Å². The Kier molecular flexibility index (Phi) is 7.40. The molecule has 196 valence electrons. The minimum Gasteiger partial charge on any atom is -0.361 e. The van der Waals surface area contributed by atoms with Gasteiger partial charge in [-0.2, -0.15) is 0 Å². The largest absolute Gasteiger partial charge is 0.361 e. The summed E-state index contributed by atoms with van der Waals surface area (Å²) in [5.41, 5.74) is 2.46. The van der Waals surface area contributed by atoms with Gasteiger partial charge in [0, 0.05) is 48.2 Å². The molecule has 5 atom stereocenters. The predicted octanol–water partition coefficient (Wildman–Crippen LogP) is 3.62. The Morgan fingerprint density at radius 1 is 1.06 bits per heavy atom. The molecule has 2 aromatic rings. The molecule has 2 saturated heterocycles. The van der Waals surface area contributed by atoms with Crippen LogP contribution in [0.4, 0.5) is 0 Å². The third kappa shape index (κ3) is 4.56. The van der Waals surface area contributed by atoms with Gasteiger partial charge in [0.15, 0.2) is 0 Å². The number of likely N-dealkylation sites (tertiary alicyclic amines) is 2. The zero-order chi connectivity index (χ0) is 25.4. The van der Waals surface area contributed by atoms with Crippen molar-refractivity contribution in [1.29, 1.82) is 0 Å². The van der Waals surface area contributed by atoms with E-state index in [-0.39, 0.29) is 35.7 Å². The Balaban J connectivity index is 1.47. The summed E-state index contributed by atoms with van der Waals surface area (Å²) in [4.78, 5) is 35.5. The van der Waals surface area contributed by atoms with Crippen LogP contribution in [0, 0.1) is 5.92 Å². The van der Waals surface area contributed by atoms with Crippen molar-refractivity contribution < 1.29 is 9.59 Å². The maximum Gasteiger partial charge on any atom is 0.245 e. The first-order valence-electron chi connectivity index (χ1n) is 14.0. The first kappa shape index (κ1) is 25.3. The quantitative estimate of drug-likeness (QED) is 0.550. The molecule has 36 heavy (non-hydrogen) atoms. The lowest BCUT2D eigenvalue weighted by atomic mass is 9.82. The van der Waals surface area contributed by atoms with Gasteiger partial charge in [-0.3, -0.25) is 14.5 Å². The van der Waals surface area contributed by atoms with E-state index in [1.54, 1.807) is 7.05 Å². The molecule has 3 aliphatic rings. The van der Waals surface area contributed by atoms with Crippen LogP contribution in [0.1, 0.15) is 70.8 Å². The monoisotopic (exact) mass is 493 g/mol. The van der Waals surface area contributed by atoms with Crippen molar-refractivity contribution in [2.75, 3.05) is 20.1 Å². The van der Waals surface area contributed by atoms with Crippen LogP contribution in [-0.2, 0) is 9.59 Å². The van der Waals surface area contributed by atoms with Crippen LogP contribution in [-0.4, -0.2) is 76.9 Å². The SMILES string of the molecule is CNC(C)C(=O)NC(C(=O)N1CCC2C1C(c1c[nH]c3ccccc13)CN2C(C)C)C1CCCCC1. The molecule has 1 saturated carbocycles. The van der Waals surface area contributed by atoms with Crippen LogP contribution in [0.2, 0.25) is 0 Å². The molecule has 5 rings (SSSR count). The van der Waals surface area contributed by atoms with Gasteiger partial charge in [0.25, 0.3) is 0 Å². The summed E-state index contributed by atoms with van der Waals surface area (Å²) in [5.74, 6) is 0.508. The van der Waals surface area contributed by atoms with Crippen molar-refractivity contribution in [2.24, 2.45) is 5.92 Å². The summed E-state index contributed by atoms with van der Waals surface area (Å²) in [6, 6.07) is 8.63. The average Bonchev–Trinajstić information content (AvgIpc) is 3.61. The fraction of sp³-hybridized carbons (Fsp3) is 0.655. The number of benzene rings is 1. The molecule has 1 aliphatic carbocycles. The van der Waals surface area contributed by atoms with E-state index in [1.807, 2.05) is 6.92 Å². The highest BCUT2D eigenvalue weighted by Crippen LogP contribution is 2.44. The number of hydrogen-bond donors (Lipinski definition) is 3. The van der Waals surface area contributed by atoms with E-state index in [4.69, 9.17) is 0 Å². The standard InChI is InChI=1S/C29H43N5O2/c1-18(2)34-17-23(22-16-31-24-13-9-8-12-21(22)24)27-25(34)14-15-33(27)29(36)26(20-10-6-5-7-11-20)32-28(35)19(3)30-4/h8-9,12-13,16,18-20,23,25-27,30-31H,5-7,10-11,14-15,17H2,1-4H3,(H,32,35). The zero-order valence-electron chi connectivity index (χ0n) is 22.3. The van der Waals surface area contributed by atoms with Crippen LogP contribution in [0.15, 0.2) is 30.5 Å². The molecule has 2 amide bonds. The number of para-hydroxylation sites is 1. The van der Waals surface area contributed by atoms with E-state index in [0.29, 0.717) is 12.1 Å². The molecule has 2 aliphatic heterocycles. The summed E-state index contributed by atoms with van der Waals surface area (Å²) >= 11 is 0. The molecule has 0 bridgehead atoms. The molecule has 3 fully saturated rings. The second kappa shape index (κ2) is 10.5. The van der Waals surface area contributed by atoms with E-state index >= 15 is 0 Å². The zero-order valence-corrected chi connectivity index (χ0v) is 22.3. The Labute approximate surface area is 215 Å². The Bertz CT molecular complexity index is 1070. The minimum absolute atomic E-state index is 0.0828. The second-order valence-corrected chi connectivity index (χ2v) is 11.5. The van der Waals surface area contributed by atoms with Crippen molar-refractivity contribution in [3.05, 3.63) is 36.0 Å². The number of nitrogens with zero attached hydrogens (tertiary/aromatic N) is 2. The smallest absolute Gasteiger partial charge is 0.245 e. The van der Waals surface area contributed by atoms with Crippen LogP contribution in [0.3, 0.4) is 0 Å². The molecular weight excluding hydrogens is 450 g/mol. The van der Waals surface area contributed by atoms with E-state index in [0.717, 1.165) is 50.7 Å². The molecule has 3 N–H and O–H groups in total. The van der Waals surface area contributed by atoms with Crippen molar-refractivity contribution in [3.63, 3.8) is 0 Å². The Hall–Kier alpha value is -2.38. The van der Waals surface area contributed by atoms with Gasteiger partial charge in [0.2, 0.25) is 11.8 Å². The Morgan fingerprint density at radius 2 is 1.81 bits per heavy atom. The lowest BCUT2D eigenvalue weighted by molar-refractivity contribution is -0.139. The minimum atomic E-state index is -0.441. The second-order valence-electron chi connectivity index (χ2n) is 11.5. The van der Waals surface area contributed by atoms with E-state index in [9.17, 15) is 9.59 Å². The number of carbonyl (C=O) groups is 2. The van der Waals surface area contributed by atoms with Crippen molar-refractivity contribution >= 4 is 22.7 Å². The van der Waals surface area contributed by atoms with Crippen LogP contribution in [0.5, 0.6) is 0 Å². The lowest BCUT2D eigenvalue weighted by Crippen LogP contribution is -2.57. The lowest BCUT2D eigenvalue weighted by Gasteiger charge is -2.36. The summed E-state index contributed by atoms with van der Waals surface area (Å²) < 4.78 is 0. The topological polar surface area (TPSA) is 80.5 Å². The van der Waals surface area contributed by atoms with Crippen molar-refractivity contribution in [3.8, 4) is 0 Å². The Morgan fingerprint density at radius 3 is 2.53 bits per heavy atom. The maximum absolute atomic E-state index is 14.4. The van der Waals surface area contributed by atoms with Gasteiger partial charge < -0.3 is 20.5 Å². The third-order valence-electron chi connectivity index (χ3n) is 9.14. The molecule has 0 spiro atoms. The normalized spacial score (nSPS) is 26.9. The summed E-state index contributed by atoms with van der Waals surface area (Å²) in [5, 5.41) is 7.48. The summed E-state index contributed by atoms with van der Waals surface area (Å²) in [6.07, 6.45) is 8.66. The van der Waals surface area contributed by atoms with E-state index in [2.05, 4.69) is 69.7 Å². The van der Waals surface area contributed by atoms with Gasteiger partial charge in [-0.1, -0.05) is 37.5 Å². The van der Waals surface area contributed by atoms with Crippen LogP contribution < -0.4 is 10.6 Å². The number of carbonyl (C=O) groups excluding carboxylic acids is 2. The molecule has 1 aromatic heterocycles. The number of likely N-dealkylation sites (N-methyl/N-ethyl adjacent to an activating group) is 1. The highest BCUT2D eigenvalue weighted by atomic mass is 16.2. The average molecular weight is 494 g/mol.